The van der Waals surface area contributed by atoms with E-state index in [1.54, 1.807) is 25.4 Å². The molecule has 0 atom stereocenters. The van der Waals surface area contributed by atoms with Crippen LogP contribution in [0.3, 0.4) is 0 Å². The summed E-state index contributed by atoms with van der Waals surface area (Å²) < 4.78 is 5.23. The highest BCUT2D eigenvalue weighted by Gasteiger charge is 2.07. The van der Waals surface area contributed by atoms with Crippen LogP contribution in [0.2, 0.25) is 5.02 Å². The van der Waals surface area contributed by atoms with E-state index in [1.807, 2.05) is 48.5 Å². The average Bonchev–Trinajstić information content (AvgIpc) is 3.27. The predicted octanol–water partition coefficient (Wildman–Crippen LogP) is 4.35. The van der Waals surface area contributed by atoms with Gasteiger partial charge in [-0.3, -0.25) is 9.79 Å². The molecular weight excluding hydrogens is 515 g/mol. The van der Waals surface area contributed by atoms with E-state index in [9.17, 15) is 4.79 Å². The van der Waals surface area contributed by atoms with Gasteiger partial charge in [-0.15, -0.1) is 24.0 Å². The third-order valence-corrected chi connectivity index (χ3v) is 4.50. The molecule has 1 aromatic heterocycles. The minimum atomic E-state index is -0.145. The Kier molecular flexibility index (Phi) is 9.69. The summed E-state index contributed by atoms with van der Waals surface area (Å²) in [4.78, 5) is 16.6. The number of aliphatic imine (C=N–C) groups is 1. The topological polar surface area (TPSA) is 78.7 Å². The number of furan rings is 1. The van der Waals surface area contributed by atoms with Gasteiger partial charge in [0.25, 0.3) is 5.91 Å². The predicted molar refractivity (Wildman–Crippen MR) is 130 cm³/mol. The monoisotopic (exact) mass is 538 g/mol. The van der Waals surface area contributed by atoms with E-state index < -0.39 is 0 Å². The van der Waals surface area contributed by atoms with Gasteiger partial charge in [-0.25, -0.2) is 0 Å². The molecule has 0 bridgehead atoms. The van der Waals surface area contributed by atoms with Gasteiger partial charge in [0.15, 0.2) is 5.96 Å². The van der Waals surface area contributed by atoms with E-state index >= 15 is 0 Å². The van der Waals surface area contributed by atoms with E-state index in [0.717, 1.165) is 11.1 Å². The van der Waals surface area contributed by atoms with Crippen LogP contribution in [0.15, 0.2) is 76.3 Å². The summed E-state index contributed by atoms with van der Waals surface area (Å²) in [7, 11) is 1.72. The van der Waals surface area contributed by atoms with Gasteiger partial charge in [0.05, 0.1) is 12.8 Å². The number of amides is 1. The fourth-order valence-corrected chi connectivity index (χ4v) is 2.83. The summed E-state index contributed by atoms with van der Waals surface area (Å²) in [5.74, 6) is 1.24. The third-order valence-electron chi connectivity index (χ3n) is 4.25. The molecule has 0 radical (unpaired) electrons. The number of rotatable bonds is 7. The lowest BCUT2D eigenvalue weighted by atomic mass is 10.1. The minimum absolute atomic E-state index is 0. The fraction of sp³-hybridized carbons (Fsp3) is 0.182. The van der Waals surface area contributed by atoms with Crippen molar-refractivity contribution < 1.29 is 9.21 Å². The highest BCUT2D eigenvalue weighted by molar-refractivity contribution is 14.0. The molecule has 0 aliphatic rings. The van der Waals surface area contributed by atoms with E-state index in [-0.39, 0.29) is 29.9 Å². The second-order valence-electron chi connectivity index (χ2n) is 6.37. The van der Waals surface area contributed by atoms with Gasteiger partial charge in [0, 0.05) is 30.7 Å². The Balaban J connectivity index is 0.00000320. The van der Waals surface area contributed by atoms with Gasteiger partial charge in [0.2, 0.25) is 0 Å². The van der Waals surface area contributed by atoms with Crippen LogP contribution in [0.5, 0.6) is 0 Å². The van der Waals surface area contributed by atoms with Crippen LogP contribution in [-0.2, 0) is 19.6 Å². The molecule has 0 aliphatic heterocycles. The van der Waals surface area contributed by atoms with Crippen molar-refractivity contribution in [3.63, 3.8) is 0 Å². The van der Waals surface area contributed by atoms with Crippen LogP contribution in [-0.4, -0.2) is 18.9 Å². The summed E-state index contributed by atoms with van der Waals surface area (Å²) in [6.45, 7) is 1.53. The zero-order chi connectivity index (χ0) is 20.5. The number of carbonyl (C=O) groups excluding carboxylic acids is 1. The highest BCUT2D eigenvalue weighted by atomic mass is 127. The first-order valence-corrected chi connectivity index (χ1v) is 9.60. The molecule has 30 heavy (non-hydrogen) atoms. The first-order valence-electron chi connectivity index (χ1n) is 9.22. The smallest absolute Gasteiger partial charge is 0.251 e. The molecule has 6 nitrogen and oxygen atoms in total. The van der Waals surface area contributed by atoms with Crippen LogP contribution in [0.1, 0.15) is 27.2 Å². The Bertz CT molecular complexity index is 960. The van der Waals surface area contributed by atoms with Gasteiger partial charge in [-0.1, -0.05) is 35.9 Å². The Labute approximate surface area is 198 Å². The maximum Gasteiger partial charge on any atom is 0.251 e. The SMILES string of the molecule is CN=C(NCc1ccc(Cl)cc1)NCc1cccc(C(=O)NCc2ccco2)c1.I. The molecule has 0 unspecified atom stereocenters. The summed E-state index contributed by atoms with van der Waals surface area (Å²) in [5, 5.41) is 10.1. The van der Waals surface area contributed by atoms with E-state index in [4.69, 9.17) is 16.0 Å². The number of carbonyl (C=O) groups is 1. The van der Waals surface area contributed by atoms with Crippen LogP contribution in [0, 0.1) is 0 Å². The molecule has 3 N–H and O–H groups in total. The van der Waals surface area contributed by atoms with Crippen LogP contribution < -0.4 is 16.0 Å². The Morgan fingerprint density at radius 1 is 0.933 bits per heavy atom. The molecule has 2 aromatic carbocycles. The minimum Gasteiger partial charge on any atom is -0.467 e. The van der Waals surface area contributed by atoms with Crippen molar-refractivity contribution in [1.82, 2.24) is 16.0 Å². The summed E-state index contributed by atoms with van der Waals surface area (Å²) in [6, 6.07) is 18.7. The van der Waals surface area contributed by atoms with Crippen LogP contribution in [0.25, 0.3) is 0 Å². The van der Waals surface area contributed by atoms with Gasteiger partial charge in [-0.05, 0) is 47.5 Å². The largest absolute Gasteiger partial charge is 0.467 e. The molecule has 0 aliphatic carbocycles. The van der Waals surface area contributed by atoms with Crippen molar-refractivity contribution in [3.8, 4) is 0 Å². The molecule has 3 rings (SSSR count). The molecule has 158 valence electrons. The average molecular weight is 539 g/mol. The third kappa shape index (κ3) is 7.38. The van der Waals surface area contributed by atoms with Crippen LogP contribution >= 0.6 is 35.6 Å². The zero-order valence-corrected chi connectivity index (χ0v) is 19.6. The second-order valence-corrected chi connectivity index (χ2v) is 6.80. The number of benzene rings is 2. The maximum absolute atomic E-state index is 12.4. The Hall–Kier alpha value is -2.52. The van der Waals surface area contributed by atoms with Gasteiger partial charge < -0.3 is 20.4 Å². The molecule has 1 heterocycles. The summed E-state index contributed by atoms with van der Waals surface area (Å²) in [5.41, 5.74) is 2.68. The van der Waals surface area contributed by atoms with E-state index in [1.165, 1.54) is 0 Å². The van der Waals surface area contributed by atoms with E-state index in [2.05, 4.69) is 20.9 Å². The number of guanidine groups is 1. The van der Waals surface area contributed by atoms with Gasteiger partial charge >= 0.3 is 0 Å². The summed E-state index contributed by atoms with van der Waals surface area (Å²) >= 11 is 5.91. The molecule has 8 heteroatoms. The number of nitrogens with one attached hydrogen (secondary N) is 3. The Morgan fingerprint density at radius 2 is 1.67 bits per heavy atom. The number of hydrogen-bond donors (Lipinski definition) is 3. The van der Waals surface area contributed by atoms with Gasteiger partial charge in [-0.2, -0.15) is 0 Å². The lowest BCUT2D eigenvalue weighted by Gasteiger charge is -2.13. The van der Waals surface area contributed by atoms with Crippen molar-refractivity contribution in [2.75, 3.05) is 7.05 Å². The maximum atomic E-state index is 12.4. The Morgan fingerprint density at radius 3 is 2.33 bits per heavy atom. The first-order chi connectivity index (χ1) is 14.1. The quantitative estimate of drug-likeness (QED) is 0.238. The van der Waals surface area contributed by atoms with Crippen molar-refractivity contribution in [2.24, 2.45) is 4.99 Å². The van der Waals surface area contributed by atoms with Crippen LogP contribution in [0.4, 0.5) is 0 Å². The number of hydrogen-bond acceptors (Lipinski definition) is 3. The molecule has 0 saturated heterocycles. The molecular formula is C22H24ClIN4O2. The molecule has 0 spiro atoms. The fourth-order valence-electron chi connectivity index (χ4n) is 2.70. The van der Waals surface area contributed by atoms with Gasteiger partial charge in [0.1, 0.15) is 5.76 Å². The van der Waals surface area contributed by atoms with Crippen molar-refractivity contribution in [2.45, 2.75) is 19.6 Å². The zero-order valence-electron chi connectivity index (χ0n) is 16.5. The molecule has 1 amide bonds. The normalized spacial score (nSPS) is 10.8. The molecule has 0 saturated carbocycles. The van der Waals surface area contributed by atoms with Crippen molar-refractivity contribution in [3.05, 3.63) is 94.4 Å². The standard InChI is InChI=1S/C22H23ClN4O2.HI/c1-24-22(26-13-16-7-9-19(23)10-8-16)27-14-17-4-2-5-18(12-17)21(28)25-15-20-6-3-11-29-20;/h2-12H,13-15H2,1H3,(H,25,28)(H2,24,26,27);1H. The molecule has 0 fully saturated rings. The van der Waals surface area contributed by atoms with E-state index in [0.29, 0.717) is 41.9 Å². The first kappa shape index (κ1) is 23.8. The highest BCUT2D eigenvalue weighted by Crippen LogP contribution is 2.09. The number of halogens is 2. The second kappa shape index (κ2) is 12.2. The molecule has 3 aromatic rings. The van der Waals surface area contributed by atoms with Crippen molar-refractivity contribution in [1.29, 1.82) is 0 Å². The number of nitrogens with zero attached hydrogens (tertiary/aromatic N) is 1. The summed E-state index contributed by atoms with van der Waals surface area (Å²) in [6.07, 6.45) is 1.58. The lowest BCUT2D eigenvalue weighted by Crippen LogP contribution is -2.36. The lowest BCUT2D eigenvalue weighted by molar-refractivity contribution is 0.0948. The van der Waals surface area contributed by atoms with Crippen molar-refractivity contribution >= 4 is 47.4 Å².